The van der Waals surface area contributed by atoms with Crippen molar-refractivity contribution in [2.75, 3.05) is 6.61 Å². The zero-order valence-corrected chi connectivity index (χ0v) is 8.05. The average Bonchev–Trinajstić information content (AvgIpc) is 2.70. The Hall–Kier alpha value is -1.69. The van der Waals surface area contributed by atoms with E-state index in [0.717, 1.165) is 12.8 Å². The highest BCUT2D eigenvalue weighted by Crippen LogP contribution is 2.20. The van der Waals surface area contributed by atoms with Gasteiger partial charge in [-0.2, -0.15) is 0 Å². The third kappa shape index (κ3) is 1.75. The van der Waals surface area contributed by atoms with Crippen LogP contribution in [0, 0.1) is 0 Å². The van der Waals surface area contributed by atoms with Crippen LogP contribution in [0.2, 0.25) is 0 Å². The topological polar surface area (TPSA) is 87.2 Å². The first-order valence-corrected chi connectivity index (χ1v) is 4.68. The largest absolute Gasteiger partial charge is 0.364 e. The number of hydrogen-bond acceptors (Lipinski definition) is 4. The highest BCUT2D eigenvalue weighted by molar-refractivity contribution is 5.90. The van der Waals surface area contributed by atoms with Crippen molar-refractivity contribution in [1.82, 2.24) is 9.55 Å². The molecule has 1 aliphatic heterocycles. The van der Waals surface area contributed by atoms with Crippen LogP contribution in [-0.4, -0.2) is 22.1 Å². The second-order valence-corrected chi connectivity index (χ2v) is 3.32. The summed E-state index contributed by atoms with van der Waals surface area (Å²) < 4.78 is 6.70. The first kappa shape index (κ1) is 9.85. The molecule has 6 heteroatoms. The van der Waals surface area contributed by atoms with Crippen LogP contribution in [0.15, 0.2) is 17.2 Å². The lowest BCUT2D eigenvalue weighted by atomic mass is 10.3. The van der Waals surface area contributed by atoms with Gasteiger partial charge in [0.15, 0.2) is 5.69 Å². The molecule has 1 amide bonds. The molecule has 2 heterocycles. The Bertz CT molecular complexity index is 434. The molecule has 1 saturated heterocycles. The fourth-order valence-electron chi connectivity index (χ4n) is 1.60. The van der Waals surface area contributed by atoms with Gasteiger partial charge in [0.25, 0.3) is 11.5 Å². The monoisotopic (exact) mass is 209 g/mol. The van der Waals surface area contributed by atoms with E-state index in [1.165, 1.54) is 17.0 Å². The Balaban J connectivity index is 2.44. The number of aromatic nitrogens is 2. The number of rotatable bonds is 2. The summed E-state index contributed by atoms with van der Waals surface area (Å²) in [4.78, 5) is 26.3. The molecule has 0 aromatic carbocycles. The third-order valence-electron chi connectivity index (χ3n) is 2.32. The Morgan fingerprint density at radius 3 is 3.07 bits per heavy atom. The second-order valence-electron chi connectivity index (χ2n) is 3.32. The summed E-state index contributed by atoms with van der Waals surface area (Å²) in [5.41, 5.74) is 4.29. The zero-order valence-electron chi connectivity index (χ0n) is 8.05. The summed E-state index contributed by atoms with van der Waals surface area (Å²) >= 11 is 0. The molecule has 1 fully saturated rings. The number of nitrogens with two attached hydrogens (primary N) is 1. The third-order valence-corrected chi connectivity index (χ3v) is 2.32. The van der Waals surface area contributed by atoms with Crippen LogP contribution in [0.25, 0.3) is 0 Å². The van der Waals surface area contributed by atoms with E-state index in [-0.39, 0.29) is 11.9 Å². The summed E-state index contributed by atoms with van der Waals surface area (Å²) in [6, 6.07) is 0. The van der Waals surface area contributed by atoms with Gasteiger partial charge in [-0.3, -0.25) is 14.2 Å². The van der Waals surface area contributed by atoms with Crippen molar-refractivity contribution >= 4 is 5.91 Å². The molecular formula is C9H11N3O3. The quantitative estimate of drug-likeness (QED) is 0.721. The normalized spacial score (nSPS) is 20.4. The fourth-order valence-corrected chi connectivity index (χ4v) is 1.60. The fraction of sp³-hybridized carbons (Fsp3) is 0.444. The predicted octanol–water partition coefficient (Wildman–Crippen LogP) is -0.349. The number of carbonyl (C=O) groups excluding carboxylic acids is 1. The van der Waals surface area contributed by atoms with E-state index in [4.69, 9.17) is 10.5 Å². The molecule has 80 valence electrons. The first-order chi connectivity index (χ1) is 7.20. The van der Waals surface area contributed by atoms with Gasteiger partial charge in [0, 0.05) is 19.0 Å². The van der Waals surface area contributed by atoms with E-state index in [1.807, 2.05) is 0 Å². The van der Waals surface area contributed by atoms with E-state index >= 15 is 0 Å². The molecule has 0 spiro atoms. The Labute approximate surface area is 85.7 Å². The molecule has 1 atom stereocenters. The molecule has 0 bridgehead atoms. The van der Waals surface area contributed by atoms with Gasteiger partial charge in [0.05, 0.1) is 0 Å². The minimum atomic E-state index is -0.813. The zero-order chi connectivity index (χ0) is 10.8. The number of amides is 1. The van der Waals surface area contributed by atoms with Gasteiger partial charge in [-0.1, -0.05) is 0 Å². The van der Waals surface area contributed by atoms with Crippen LogP contribution in [0.4, 0.5) is 0 Å². The first-order valence-electron chi connectivity index (χ1n) is 4.68. The van der Waals surface area contributed by atoms with Gasteiger partial charge in [-0.05, 0) is 12.8 Å². The van der Waals surface area contributed by atoms with Gasteiger partial charge >= 0.3 is 0 Å². The van der Waals surface area contributed by atoms with Crippen molar-refractivity contribution in [2.45, 2.75) is 19.1 Å². The molecule has 0 saturated carbocycles. The van der Waals surface area contributed by atoms with Crippen molar-refractivity contribution in [2.24, 2.45) is 5.73 Å². The minimum absolute atomic E-state index is 0.243. The van der Waals surface area contributed by atoms with Crippen LogP contribution < -0.4 is 11.3 Å². The molecule has 1 aromatic rings. The highest BCUT2D eigenvalue weighted by Gasteiger charge is 2.20. The van der Waals surface area contributed by atoms with Crippen molar-refractivity contribution in [1.29, 1.82) is 0 Å². The molecule has 6 nitrogen and oxygen atoms in total. The van der Waals surface area contributed by atoms with Gasteiger partial charge in [0.2, 0.25) is 0 Å². The molecule has 2 N–H and O–H groups in total. The lowest BCUT2D eigenvalue weighted by Gasteiger charge is -2.12. The number of ether oxygens (including phenoxy) is 1. The van der Waals surface area contributed by atoms with Gasteiger partial charge < -0.3 is 10.5 Å². The summed E-state index contributed by atoms with van der Waals surface area (Å²) in [5, 5.41) is 0. The maximum atomic E-state index is 11.7. The molecule has 15 heavy (non-hydrogen) atoms. The van der Waals surface area contributed by atoms with E-state index in [2.05, 4.69) is 4.98 Å². The Morgan fingerprint density at radius 2 is 2.47 bits per heavy atom. The van der Waals surface area contributed by atoms with Crippen LogP contribution >= 0.6 is 0 Å². The molecule has 1 aliphatic rings. The van der Waals surface area contributed by atoms with Crippen molar-refractivity contribution in [3.05, 3.63) is 28.4 Å². The summed E-state index contributed by atoms with van der Waals surface area (Å²) in [5.74, 6) is -0.813. The maximum absolute atomic E-state index is 11.7. The maximum Gasteiger partial charge on any atom is 0.284 e. The average molecular weight is 209 g/mol. The van der Waals surface area contributed by atoms with Crippen molar-refractivity contribution in [3.63, 3.8) is 0 Å². The molecular weight excluding hydrogens is 198 g/mol. The lowest BCUT2D eigenvalue weighted by Crippen LogP contribution is -2.32. The van der Waals surface area contributed by atoms with Crippen LogP contribution in [0.3, 0.4) is 0 Å². The van der Waals surface area contributed by atoms with Crippen LogP contribution in [-0.2, 0) is 4.74 Å². The smallest absolute Gasteiger partial charge is 0.284 e. The molecule has 0 radical (unpaired) electrons. The summed E-state index contributed by atoms with van der Waals surface area (Å²) in [7, 11) is 0. The van der Waals surface area contributed by atoms with Crippen molar-refractivity contribution < 1.29 is 9.53 Å². The van der Waals surface area contributed by atoms with Crippen LogP contribution in [0.5, 0.6) is 0 Å². The molecule has 1 aromatic heterocycles. The van der Waals surface area contributed by atoms with Gasteiger partial charge in [-0.15, -0.1) is 0 Å². The van der Waals surface area contributed by atoms with E-state index < -0.39 is 11.5 Å². The number of carbonyl (C=O) groups is 1. The standard InChI is InChI=1S/C9H11N3O3/c10-8(13)7-9(14)12(4-3-11-7)6-2-1-5-15-6/h3-4,6H,1-2,5H2,(H2,10,13). The SMILES string of the molecule is NC(=O)c1nccn(C2CCCO2)c1=O. The van der Waals surface area contributed by atoms with Gasteiger partial charge in [0.1, 0.15) is 6.23 Å². The van der Waals surface area contributed by atoms with E-state index in [0.29, 0.717) is 6.61 Å². The predicted molar refractivity (Wildman–Crippen MR) is 51.2 cm³/mol. The Kier molecular flexibility index (Phi) is 2.51. The van der Waals surface area contributed by atoms with Gasteiger partial charge in [-0.25, -0.2) is 4.98 Å². The second kappa shape index (κ2) is 3.82. The highest BCUT2D eigenvalue weighted by atomic mass is 16.5. The summed E-state index contributed by atoms with van der Waals surface area (Å²) in [6.45, 7) is 0.630. The van der Waals surface area contributed by atoms with Crippen LogP contribution in [0.1, 0.15) is 29.6 Å². The Morgan fingerprint density at radius 1 is 1.67 bits per heavy atom. The van der Waals surface area contributed by atoms with Crippen molar-refractivity contribution in [3.8, 4) is 0 Å². The van der Waals surface area contributed by atoms with E-state index in [1.54, 1.807) is 0 Å². The number of primary amides is 1. The number of hydrogen-bond donors (Lipinski definition) is 1. The molecule has 1 unspecified atom stereocenters. The number of nitrogens with zero attached hydrogens (tertiary/aromatic N) is 2. The summed E-state index contributed by atoms with van der Waals surface area (Å²) in [6.07, 6.45) is 4.26. The minimum Gasteiger partial charge on any atom is -0.364 e. The lowest BCUT2D eigenvalue weighted by molar-refractivity contribution is 0.0532. The molecule has 0 aliphatic carbocycles. The molecule has 2 rings (SSSR count). The van der Waals surface area contributed by atoms with E-state index in [9.17, 15) is 9.59 Å².